The number of aromatic nitrogens is 1. The summed E-state index contributed by atoms with van der Waals surface area (Å²) < 4.78 is 5.13. The molecule has 3 rings (SSSR count). The van der Waals surface area contributed by atoms with Crippen LogP contribution in [-0.4, -0.2) is 41.2 Å². The highest BCUT2D eigenvalue weighted by molar-refractivity contribution is 5.24. The average molecular weight is 262 g/mol. The third-order valence-corrected chi connectivity index (χ3v) is 4.82. The quantitative estimate of drug-likeness (QED) is 0.884. The SMILES string of the molecule is COc1ccc(C2(O)CC3CCCC(C2)N3C)nc1. The van der Waals surface area contributed by atoms with Crippen molar-refractivity contribution in [3.63, 3.8) is 0 Å². The lowest BCUT2D eigenvalue weighted by Gasteiger charge is -2.50. The van der Waals surface area contributed by atoms with Crippen molar-refractivity contribution in [3.05, 3.63) is 24.0 Å². The third-order valence-electron chi connectivity index (χ3n) is 4.82. The standard InChI is InChI=1S/C15H22N2O2/c1-17-11-4-3-5-12(17)9-15(18,8-11)14-7-6-13(19-2)10-16-14/h6-7,10-12,18H,3-5,8-9H2,1-2H3. The first kappa shape index (κ1) is 12.9. The molecule has 2 unspecified atom stereocenters. The first-order chi connectivity index (χ1) is 9.12. The highest BCUT2D eigenvalue weighted by Gasteiger charge is 2.45. The Hall–Kier alpha value is -1.13. The van der Waals surface area contributed by atoms with Gasteiger partial charge in [0.1, 0.15) is 11.4 Å². The van der Waals surface area contributed by atoms with Crippen molar-refractivity contribution in [1.29, 1.82) is 0 Å². The van der Waals surface area contributed by atoms with E-state index >= 15 is 0 Å². The number of hydrogen-bond donors (Lipinski definition) is 1. The van der Waals surface area contributed by atoms with E-state index < -0.39 is 5.60 Å². The molecule has 0 aromatic carbocycles. The second kappa shape index (κ2) is 4.76. The third kappa shape index (κ3) is 2.23. The molecule has 104 valence electrons. The molecule has 4 heteroatoms. The van der Waals surface area contributed by atoms with Crippen molar-refractivity contribution in [3.8, 4) is 5.75 Å². The Morgan fingerprint density at radius 3 is 2.53 bits per heavy atom. The number of rotatable bonds is 2. The lowest BCUT2D eigenvalue weighted by Crippen LogP contribution is -2.55. The number of piperidine rings is 2. The summed E-state index contributed by atoms with van der Waals surface area (Å²) in [4.78, 5) is 6.85. The van der Waals surface area contributed by atoms with Crippen LogP contribution in [0.4, 0.5) is 0 Å². The van der Waals surface area contributed by atoms with E-state index in [0.29, 0.717) is 12.1 Å². The van der Waals surface area contributed by atoms with Gasteiger partial charge in [0, 0.05) is 12.1 Å². The van der Waals surface area contributed by atoms with Gasteiger partial charge in [-0.3, -0.25) is 4.98 Å². The van der Waals surface area contributed by atoms with Crippen LogP contribution < -0.4 is 4.74 Å². The van der Waals surface area contributed by atoms with E-state index in [-0.39, 0.29) is 0 Å². The molecule has 2 aliphatic rings. The summed E-state index contributed by atoms with van der Waals surface area (Å²) in [5.74, 6) is 0.737. The van der Waals surface area contributed by atoms with Crippen molar-refractivity contribution in [1.82, 2.24) is 9.88 Å². The maximum absolute atomic E-state index is 11.0. The molecule has 2 aliphatic heterocycles. The summed E-state index contributed by atoms with van der Waals surface area (Å²) in [5.41, 5.74) is 0.0208. The van der Waals surface area contributed by atoms with Crippen molar-refractivity contribution < 1.29 is 9.84 Å². The Labute approximate surface area is 114 Å². The maximum Gasteiger partial charge on any atom is 0.137 e. The zero-order valence-electron chi connectivity index (χ0n) is 11.7. The fourth-order valence-corrected chi connectivity index (χ4v) is 3.64. The molecule has 0 spiro atoms. The highest BCUT2D eigenvalue weighted by atomic mass is 16.5. The molecule has 2 bridgehead atoms. The van der Waals surface area contributed by atoms with Crippen LogP contribution >= 0.6 is 0 Å². The van der Waals surface area contributed by atoms with Crippen molar-refractivity contribution in [2.24, 2.45) is 0 Å². The fourth-order valence-electron chi connectivity index (χ4n) is 3.64. The van der Waals surface area contributed by atoms with Crippen molar-refractivity contribution >= 4 is 0 Å². The predicted octanol–water partition coefficient (Wildman–Crippen LogP) is 1.92. The molecular weight excluding hydrogens is 240 g/mol. The zero-order chi connectivity index (χ0) is 13.5. The molecule has 0 radical (unpaired) electrons. The molecule has 4 nitrogen and oxygen atoms in total. The van der Waals surface area contributed by atoms with E-state index in [2.05, 4.69) is 16.9 Å². The van der Waals surface area contributed by atoms with Gasteiger partial charge in [0.2, 0.25) is 0 Å². The van der Waals surface area contributed by atoms with Crippen LogP contribution in [0.3, 0.4) is 0 Å². The van der Waals surface area contributed by atoms with Gasteiger partial charge in [-0.2, -0.15) is 0 Å². The van der Waals surface area contributed by atoms with Gasteiger partial charge in [-0.15, -0.1) is 0 Å². The lowest BCUT2D eigenvalue weighted by molar-refractivity contribution is -0.0898. The van der Waals surface area contributed by atoms with Gasteiger partial charge in [-0.25, -0.2) is 0 Å². The largest absolute Gasteiger partial charge is 0.495 e. The van der Waals surface area contributed by atoms with Gasteiger partial charge < -0.3 is 14.7 Å². The molecule has 3 heterocycles. The van der Waals surface area contributed by atoms with E-state index in [1.807, 2.05) is 12.1 Å². The number of nitrogens with zero attached hydrogens (tertiary/aromatic N) is 2. The van der Waals surface area contributed by atoms with E-state index in [1.54, 1.807) is 13.3 Å². The first-order valence-corrected chi connectivity index (χ1v) is 7.07. The Morgan fingerprint density at radius 1 is 1.32 bits per heavy atom. The van der Waals surface area contributed by atoms with Gasteiger partial charge in [0.25, 0.3) is 0 Å². The molecule has 1 aromatic rings. The zero-order valence-corrected chi connectivity index (χ0v) is 11.7. The van der Waals surface area contributed by atoms with Crippen molar-refractivity contribution in [2.75, 3.05) is 14.2 Å². The number of ether oxygens (including phenoxy) is 1. The second-order valence-corrected chi connectivity index (χ2v) is 5.93. The van der Waals surface area contributed by atoms with E-state index in [1.165, 1.54) is 19.3 Å². The summed E-state index contributed by atoms with van der Waals surface area (Å²) in [6.07, 6.45) is 6.93. The highest BCUT2D eigenvalue weighted by Crippen LogP contribution is 2.43. The molecule has 1 N–H and O–H groups in total. The summed E-state index contributed by atoms with van der Waals surface area (Å²) in [6.45, 7) is 0. The van der Waals surface area contributed by atoms with Gasteiger partial charge in [0.15, 0.2) is 0 Å². The molecule has 0 aliphatic carbocycles. The van der Waals surface area contributed by atoms with Crippen LogP contribution in [0, 0.1) is 0 Å². The Balaban J connectivity index is 1.86. The summed E-state index contributed by atoms with van der Waals surface area (Å²) >= 11 is 0. The van der Waals surface area contributed by atoms with Gasteiger partial charge in [0.05, 0.1) is 19.0 Å². The predicted molar refractivity (Wildman–Crippen MR) is 73.1 cm³/mol. The van der Waals surface area contributed by atoms with Gasteiger partial charge in [-0.05, 0) is 44.9 Å². The molecule has 2 saturated heterocycles. The molecule has 1 aromatic heterocycles. The van der Waals surface area contributed by atoms with Crippen LogP contribution in [0.25, 0.3) is 0 Å². The van der Waals surface area contributed by atoms with Crippen LogP contribution in [0.5, 0.6) is 5.75 Å². The molecule has 2 atom stereocenters. The number of aliphatic hydroxyl groups is 1. The van der Waals surface area contributed by atoms with Crippen LogP contribution in [0.15, 0.2) is 18.3 Å². The topological polar surface area (TPSA) is 45.6 Å². The minimum Gasteiger partial charge on any atom is -0.495 e. The summed E-state index contributed by atoms with van der Waals surface area (Å²) in [6, 6.07) is 4.76. The molecule has 2 fully saturated rings. The van der Waals surface area contributed by atoms with Crippen molar-refractivity contribution in [2.45, 2.75) is 49.8 Å². The average Bonchev–Trinajstić information content (AvgIpc) is 2.41. The minimum absolute atomic E-state index is 0.487. The maximum atomic E-state index is 11.0. The Kier molecular flexibility index (Phi) is 3.23. The van der Waals surface area contributed by atoms with E-state index in [9.17, 15) is 5.11 Å². The minimum atomic E-state index is -0.769. The molecule has 0 amide bonds. The molecule has 19 heavy (non-hydrogen) atoms. The van der Waals surface area contributed by atoms with Gasteiger partial charge >= 0.3 is 0 Å². The number of pyridine rings is 1. The second-order valence-electron chi connectivity index (χ2n) is 5.93. The number of fused-ring (bicyclic) bond motifs is 2. The fraction of sp³-hybridized carbons (Fsp3) is 0.667. The van der Waals surface area contributed by atoms with E-state index in [4.69, 9.17) is 4.74 Å². The lowest BCUT2D eigenvalue weighted by atomic mass is 9.74. The monoisotopic (exact) mass is 262 g/mol. The first-order valence-electron chi connectivity index (χ1n) is 7.07. The number of methoxy groups -OCH3 is 1. The van der Waals surface area contributed by atoms with Crippen LogP contribution in [0.1, 0.15) is 37.8 Å². The smallest absolute Gasteiger partial charge is 0.137 e. The van der Waals surface area contributed by atoms with Gasteiger partial charge in [-0.1, -0.05) is 6.42 Å². The normalized spacial score (nSPS) is 35.1. The Bertz CT molecular complexity index is 432. The summed E-state index contributed by atoms with van der Waals surface area (Å²) in [7, 11) is 3.82. The van der Waals surface area contributed by atoms with Crippen LogP contribution in [0.2, 0.25) is 0 Å². The Morgan fingerprint density at radius 2 is 2.00 bits per heavy atom. The summed E-state index contributed by atoms with van der Waals surface area (Å²) in [5, 5.41) is 11.0. The molecular formula is C15H22N2O2. The van der Waals surface area contributed by atoms with E-state index in [0.717, 1.165) is 24.3 Å². The number of hydrogen-bond acceptors (Lipinski definition) is 4. The van der Waals surface area contributed by atoms with Crippen LogP contribution in [-0.2, 0) is 5.60 Å². The molecule has 0 saturated carbocycles.